The van der Waals surface area contributed by atoms with E-state index in [1.165, 1.54) is 17.2 Å². The molecule has 0 atom stereocenters. The number of hydrogen-bond donors (Lipinski definition) is 2. The van der Waals surface area contributed by atoms with Gasteiger partial charge in [0.1, 0.15) is 0 Å². The van der Waals surface area contributed by atoms with Crippen LogP contribution in [0.25, 0.3) is 0 Å². The molecule has 1 amide bonds. The molecular weight excluding hydrogens is 389 g/mol. The lowest BCUT2D eigenvalue weighted by molar-refractivity contribution is -0.137. The Kier molecular flexibility index (Phi) is 6.77. The Morgan fingerprint density at radius 1 is 0.833 bits per heavy atom. The Morgan fingerprint density at radius 3 is 2.17 bits per heavy atom. The van der Waals surface area contributed by atoms with Gasteiger partial charge in [0, 0.05) is 18.8 Å². The third kappa shape index (κ3) is 6.37. The van der Waals surface area contributed by atoms with Gasteiger partial charge in [-0.25, -0.2) is 0 Å². The molecule has 0 fully saturated rings. The van der Waals surface area contributed by atoms with Crippen molar-refractivity contribution in [3.05, 3.63) is 101 Å². The first kappa shape index (κ1) is 21.4. The number of nitrogens with one attached hydrogen (secondary N) is 2. The van der Waals surface area contributed by atoms with Crippen LogP contribution in [-0.2, 0) is 30.5 Å². The van der Waals surface area contributed by atoms with E-state index in [0.717, 1.165) is 23.4 Å². The van der Waals surface area contributed by atoms with Crippen LogP contribution in [0.15, 0.2) is 72.8 Å². The molecule has 0 spiro atoms. The zero-order chi connectivity index (χ0) is 21.6. The summed E-state index contributed by atoms with van der Waals surface area (Å²) in [6, 6.07) is 20.8. The van der Waals surface area contributed by atoms with Gasteiger partial charge in [0.25, 0.3) is 0 Å². The van der Waals surface area contributed by atoms with Gasteiger partial charge in [-0.1, -0.05) is 54.1 Å². The van der Waals surface area contributed by atoms with E-state index < -0.39 is 11.7 Å². The van der Waals surface area contributed by atoms with Gasteiger partial charge in [0.05, 0.1) is 12.0 Å². The topological polar surface area (TPSA) is 41.1 Å². The van der Waals surface area contributed by atoms with Crippen molar-refractivity contribution in [2.24, 2.45) is 0 Å². The van der Waals surface area contributed by atoms with E-state index in [4.69, 9.17) is 0 Å². The zero-order valence-electron chi connectivity index (χ0n) is 16.6. The predicted octanol–water partition coefficient (Wildman–Crippen LogP) is 5.48. The van der Waals surface area contributed by atoms with Crippen LogP contribution in [-0.4, -0.2) is 5.91 Å². The van der Waals surface area contributed by atoms with Crippen LogP contribution in [0.3, 0.4) is 0 Å². The number of carbonyl (C=O) groups excluding carboxylic acids is 1. The smallest absolute Gasteiger partial charge is 0.381 e. The highest BCUT2D eigenvalue weighted by molar-refractivity contribution is 5.78. The summed E-state index contributed by atoms with van der Waals surface area (Å²) in [5.41, 5.74) is 3.87. The molecule has 3 nitrogen and oxygen atoms in total. The monoisotopic (exact) mass is 412 g/mol. The highest BCUT2D eigenvalue weighted by Crippen LogP contribution is 2.29. The molecule has 6 heteroatoms. The largest absolute Gasteiger partial charge is 0.416 e. The number of carbonyl (C=O) groups is 1. The number of benzene rings is 3. The normalized spacial score (nSPS) is 11.2. The fourth-order valence-electron chi connectivity index (χ4n) is 2.96. The first-order chi connectivity index (χ1) is 14.3. The van der Waals surface area contributed by atoms with E-state index in [1.54, 1.807) is 6.07 Å². The van der Waals surface area contributed by atoms with Crippen LogP contribution >= 0.6 is 0 Å². The first-order valence-corrected chi connectivity index (χ1v) is 9.61. The summed E-state index contributed by atoms with van der Waals surface area (Å²) in [4.78, 5) is 12.1. The van der Waals surface area contributed by atoms with Gasteiger partial charge in [-0.05, 0) is 47.9 Å². The summed E-state index contributed by atoms with van der Waals surface area (Å²) in [5.74, 6) is -0.243. The lowest BCUT2D eigenvalue weighted by atomic mass is 10.1. The van der Waals surface area contributed by atoms with Crippen molar-refractivity contribution in [1.29, 1.82) is 0 Å². The average molecular weight is 412 g/mol. The lowest BCUT2D eigenvalue weighted by Gasteiger charge is -2.10. The Hall–Kier alpha value is -3.28. The van der Waals surface area contributed by atoms with Crippen LogP contribution in [0.4, 0.5) is 18.9 Å². The Labute approximate surface area is 173 Å². The van der Waals surface area contributed by atoms with Gasteiger partial charge in [-0.2, -0.15) is 13.2 Å². The molecule has 0 aliphatic rings. The molecule has 0 heterocycles. The molecule has 0 aliphatic carbocycles. The summed E-state index contributed by atoms with van der Waals surface area (Å²) < 4.78 is 38.3. The van der Waals surface area contributed by atoms with Crippen LogP contribution in [0.1, 0.15) is 27.8 Å². The van der Waals surface area contributed by atoms with Crippen LogP contribution < -0.4 is 10.6 Å². The van der Waals surface area contributed by atoms with Crippen molar-refractivity contribution in [2.45, 2.75) is 32.6 Å². The predicted molar refractivity (Wildman–Crippen MR) is 112 cm³/mol. The molecule has 3 aromatic rings. The third-order valence-electron chi connectivity index (χ3n) is 4.68. The quantitative estimate of drug-likeness (QED) is 0.539. The van der Waals surface area contributed by atoms with Crippen molar-refractivity contribution in [2.75, 3.05) is 5.32 Å². The van der Waals surface area contributed by atoms with Gasteiger partial charge in [-0.15, -0.1) is 0 Å². The molecule has 0 unspecified atom stereocenters. The summed E-state index contributed by atoms with van der Waals surface area (Å²) in [6.45, 7) is 2.81. The molecule has 0 saturated carbocycles. The van der Waals surface area contributed by atoms with Gasteiger partial charge in [-0.3, -0.25) is 4.79 Å². The molecule has 2 N–H and O–H groups in total. The summed E-state index contributed by atoms with van der Waals surface area (Å²) in [6.07, 6.45) is -4.23. The maximum atomic E-state index is 12.8. The minimum absolute atomic E-state index is 0.0545. The summed E-state index contributed by atoms with van der Waals surface area (Å²) in [5, 5.41) is 6.00. The lowest BCUT2D eigenvalue weighted by Crippen LogP contribution is -2.24. The summed E-state index contributed by atoms with van der Waals surface area (Å²) >= 11 is 0. The van der Waals surface area contributed by atoms with E-state index in [0.29, 0.717) is 12.1 Å². The number of aryl methyl sites for hydroxylation is 1. The van der Waals surface area contributed by atoms with E-state index in [9.17, 15) is 18.0 Å². The van der Waals surface area contributed by atoms with Crippen LogP contribution in [0, 0.1) is 6.92 Å². The van der Waals surface area contributed by atoms with E-state index in [1.807, 2.05) is 31.2 Å². The third-order valence-corrected chi connectivity index (χ3v) is 4.68. The summed E-state index contributed by atoms with van der Waals surface area (Å²) in [7, 11) is 0. The first-order valence-electron chi connectivity index (χ1n) is 9.61. The number of halogens is 3. The van der Waals surface area contributed by atoms with Gasteiger partial charge in [0.2, 0.25) is 5.91 Å². The minimum Gasteiger partial charge on any atom is -0.381 e. The molecule has 0 aromatic heterocycles. The molecule has 0 radical (unpaired) electrons. The molecule has 3 aromatic carbocycles. The van der Waals surface area contributed by atoms with Crippen molar-refractivity contribution in [3.8, 4) is 0 Å². The number of anilines is 1. The molecule has 0 saturated heterocycles. The van der Waals surface area contributed by atoms with Crippen LogP contribution in [0.2, 0.25) is 0 Å². The highest BCUT2D eigenvalue weighted by atomic mass is 19.4. The second kappa shape index (κ2) is 9.48. The number of rotatable bonds is 7. The number of hydrogen-bond acceptors (Lipinski definition) is 2. The molecular formula is C24H23F3N2O. The number of amides is 1. The fraction of sp³-hybridized carbons (Fsp3) is 0.208. The van der Waals surface area contributed by atoms with Crippen LogP contribution in [0.5, 0.6) is 0 Å². The second-order valence-corrected chi connectivity index (χ2v) is 7.19. The van der Waals surface area contributed by atoms with E-state index >= 15 is 0 Å². The zero-order valence-corrected chi connectivity index (χ0v) is 16.6. The number of alkyl halides is 3. The average Bonchev–Trinajstić information content (AvgIpc) is 2.72. The molecule has 156 valence electrons. The maximum absolute atomic E-state index is 12.8. The fourth-order valence-corrected chi connectivity index (χ4v) is 2.96. The SMILES string of the molecule is Cc1ccc(CNc2ccc(CC(=O)NCc3cccc(C(F)(F)F)c3)cc2)cc1. The molecule has 30 heavy (non-hydrogen) atoms. The standard InChI is InChI=1S/C24H23F3N2O/c1-17-5-7-19(8-6-17)15-28-22-11-9-18(10-12-22)14-23(30)29-16-20-3-2-4-21(13-20)24(25,26)27/h2-13,28H,14-16H2,1H3,(H,29,30). The molecule has 3 rings (SSSR count). The van der Waals surface area contributed by atoms with Gasteiger partial charge < -0.3 is 10.6 Å². The Balaban J connectivity index is 1.48. The minimum atomic E-state index is -4.39. The van der Waals surface area contributed by atoms with Crippen molar-refractivity contribution in [1.82, 2.24) is 5.32 Å². The van der Waals surface area contributed by atoms with Crippen molar-refractivity contribution in [3.63, 3.8) is 0 Å². The van der Waals surface area contributed by atoms with E-state index in [2.05, 4.69) is 34.9 Å². The highest BCUT2D eigenvalue weighted by Gasteiger charge is 2.30. The molecule has 0 aliphatic heterocycles. The molecule has 0 bridgehead atoms. The Bertz CT molecular complexity index is 981. The van der Waals surface area contributed by atoms with E-state index in [-0.39, 0.29) is 18.9 Å². The Morgan fingerprint density at radius 2 is 1.50 bits per heavy atom. The van der Waals surface area contributed by atoms with Crippen molar-refractivity contribution >= 4 is 11.6 Å². The van der Waals surface area contributed by atoms with Gasteiger partial charge in [0.15, 0.2) is 0 Å². The van der Waals surface area contributed by atoms with Gasteiger partial charge >= 0.3 is 6.18 Å². The maximum Gasteiger partial charge on any atom is 0.416 e. The van der Waals surface area contributed by atoms with Crippen molar-refractivity contribution < 1.29 is 18.0 Å². The second-order valence-electron chi connectivity index (χ2n) is 7.19.